The third-order valence-electron chi connectivity index (χ3n) is 4.00. The van der Waals surface area contributed by atoms with Gasteiger partial charge in [0.1, 0.15) is 5.82 Å². The minimum Gasteiger partial charge on any atom is -0.322 e. The Morgan fingerprint density at radius 3 is 2.76 bits per heavy atom. The topological polar surface area (TPSA) is 44.4 Å². The number of anilines is 1. The Hall–Kier alpha value is -1.46. The van der Waals surface area contributed by atoms with Gasteiger partial charge in [0.15, 0.2) is 0 Å². The molecule has 1 aromatic rings. The average Bonchev–Trinajstić information content (AvgIpc) is 2.48. The number of amides is 1. The highest BCUT2D eigenvalue weighted by molar-refractivity contribution is 5.92. The summed E-state index contributed by atoms with van der Waals surface area (Å²) < 4.78 is 13.4. The maximum absolute atomic E-state index is 13.4. The van der Waals surface area contributed by atoms with Crippen LogP contribution in [0.1, 0.15) is 19.3 Å². The molecule has 2 rings (SSSR count). The van der Waals surface area contributed by atoms with E-state index in [9.17, 15) is 9.18 Å². The van der Waals surface area contributed by atoms with E-state index in [1.54, 1.807) is 18.2 Å². The van der Waals surface area contributed by atoms with Crippen LogP contribution in [0, 0.1) is 11.7 Å². The Morgan fingerprint density at radius 2 is 2.05 bits per heavy atom. The van der Waals surface area contributed by atoms with Crippen molar-refractivity contribution in [2.24, 2.45) is 5.92 Å². The molecule has 0 aliphatic carbocycles. The lowest BCUT2D eigenvalue weighted by Gasteiger charge is -2.28. The summed E-state index contributed by atoms with van der Waals surface area (Å²) in [5, 5.41) is 5.71. The van der Waals surface area contributed by atoms with Crippen LogP contribution in [-0.4, -0.2) is 44.0 Å². The number of halogens is 1. The molecule has 1 fully saturated rings. The van der Waals surface area contributed by atoms with E-state index < -0.39 is 5.82 Å². The first kappa shape index (κ1) is 15.9. The second-order valence-electron chi connectivity index (χ2n) is 5.74. The van der Waals surface area contributed by atoms with E-state index in [1.807, 2.05) is 0 Å². The third kappa shape index (κ3) is 5.44. The number of rotatable bonds is 6. The summed E-state index contributed by atoms with van der Waals surface area (Å²) in [7, 11) is 2.15. The van der Waals surface area contributed by atoms with Gasteiger partial charge in [-0.2, -0.15) is 0 Å². The molecular weight excluding hydrogens is 269 g/mol. The average molecular weight is 293 g/mol. The highest BCUT2D eigenvalue weighted by atomic mass is 19.1. The van der Waals surface area contributed by atoms with Gasteiger partial charge in [-0.3, -0.25) is 4.79 Å². The number of nitrogens with zero attached hydrogens (tertiary/aromatic N) is 1. The Labute approximate surface area is 125 Å². The van der Waals surface area contributed by atoms with Crippen LogP contribution in [0.25, 0.3) is 0 Å². The van der Waals surface area contributed by atoms with E-state index in [1.165, 1.54) is 32.0 Å². The molecule has 1 saturated heterocycles. The standard InChI is InChI=1S/C16H24FN3O/c1-20-10-7-13(8-11-20)6-9-18-12-16(21)19-15-5-3-2-4-14(15)17/h2-5,13,18H,6-12H2,1H3,(H,19,21). The summed E-state index contributed by atoms with van der Waals surface area (Å²) in [5.74, 6) is 0.143. The van der Waals surface area contributed by atoms with E-state index in [0.29, 0.717) is 0 Å². The molecular formula is C16H24FN3O. The Kier molecular flexibility index (Phi) is 6.14. The molecule has 1 aromatic carbocycles. The number of para-hydroxylation sites is 1. The predicted octanol–water partition coefficient (Wildman–Crippen LogP) is 2.09. The van der Waals surface area contributed by atoms with Crippen molar-refractivity contribution in [3.8, 4) is 0 Å². The van der Waals surface area contributed by atoms with E-state index in [-0.39, 0.29) is 18.1 Å². The molecule has 0 bridgehead atoms. The molecule has 0 aromatic heterocycles. The van der Waals surface area contributed by atoms with Gasteiger partial charge in [-0.25, -0.2) is 4.39 Å². The van der Waals surface area contributed by atoms with E-state index >= 15 is 0 Å². The molecule has 0 spiro atoms. The summed E-state index contributed by atoms with van der Waals surface area (Å²) in [5.41, 5.74) is 0.236. The van der Waals surface area contributed by atoms with Crippen molar-refractivity contribution < 1.29 is 9.18 Å². The molecule has 0 radical (unpaired) electrons. The van der Waals surface area contributed by atoms with Crippen LogP contribution in [0.2, 0.25) is 0 Å². The minimum atomic E-state index is -0.405. The van der Waals surface area contributed by atoms with E-state index in [4.69, 9.17) is 0 Å². The van der Waals surface area contributed by atoms with Crippen LogP contribution in [0.4, 0.5) is 10.1 Å². The van der Waals surface area contributed by atoms with Crippen molar-refractivity contribution in [1.82, 2.24) is 10.2 Å². The Bertz CT molecular complexity index is 459. The first-order valence-electron chi connectivity index (χ1n) is 7.59. The second-order valence-corrected chi connectivity index (χ2v) is 5.74. The fraction of sp³-hybridized carbons (Fsp3) is 0.562. The lowest BCUT2D eigenvalue weighted by molar-refractivity contribution is -0.115. The molecule has 2 N–H and O–H groups in total. The fourth-order valence-electron chi connectivity index (χ4n) is 2.62. The second kappa shape index (κ2) is 8.10. The summed E-state index contributed by atoms with van der Waals surface area (Å²) in [6.45, 7) is 3.39. The lowest BCUT2D eigenvalue weighted by atomic mass is 9.94. The van der Waals surface area contributed by atoms with Crippen molar-refractivity contribution in [2.45, 2.75) is 19.3 Å². The largest absolute Gasteiger partial charge is 0.322 e. The quantitative estimate of drug-likeness (QED) is 0.789. The number of carbonyl (C=O) groups is 1. The van der Waals surface area contributed by atoms with Crippen LogP contribution >= 0.6 is 0 Å². The SMILES string of the molecule is CN1CCC(CCNCC(=O)Nc2ccccc2F)CC1. The van der Waals surface area contributed by atoms with E-state index in [2.05, 4.69) is 22.6 Å². The first-order valence-corrected chi connectivity index (χ1v) is 7.59. The highest BCUT2D eigenvalue weighted by Gasteiger charge is 2.16. The predicted molar refractivity (Wildman–Crippen MR) is 82.7 cm³/mol. The maximum atomic E-state index is 13.4. The van der Waals surface area contributed by atoms with Gasteiger partial charge < -0.3 is 15.5 Å². The Balaban J connectivity index is 1.60. The number of carbonyl (C=O) groups excluding carboxylic acids is 1. The monoisotopic (exact) mass is 293 g/mol. The molecule has 1 aliphatic heterocycles. The molecule has 1 heterocycles. The smallest absolute Gasteiger partial charge is 0.238 e. The van der Waals surface area contributed by atoms with Crippen LogP contribution in [0.5, 0.6) is 0 Å². The minimum absolute atomic E-state index is 0.205. The van der Waals surface area contributed by atoms with Crippen LogP contribution in [0.3, 0.4) is 0 Å². The maximum Gasteiger partial charge on any atom is 0.238 e. The zero-order chi connectivity index (χ0) is 15.1. The summed E-state index contributed by atoms with van der Waals surface area (Å²) in [6, 6.07) is 6.20. The number of benzene rings is 1. The van der Waals surface area contributed by atoms with E-state index in [0.717, 1.165) is 18.9 Å². The Morgan fingerprint density at radius 1 is 1.33 bits per heavy atom. The fourth-order valence-corrected chi connectivity index (χ4v) is 2.62. The zero-order valence-electron chi connectivity index (χ0n) is 12.6. The van der Waals surface area contributed by atoms with Gasteiger partial charge in [-0.1, -0.05) is 12.1 Å². The number of piperidine rings is 1. The highest BCUT2D eigenvalue weighted by Crippen LogP contribution is 2.18. The zero-order valence-corrected chi connectivity index (χ0v) is 12.6. The number of nitrogens with one attached hydrogen (secondary N) is 2. The normalized spacial score (nSPS) is 16.9. The molecule has 0 saturated carbocycles. The summed E-state index contributed by atoms with van der Waals surface area (Å²) in [6.07, 6.45) is 3.57. The van der Waals surface area contributed by atoms with Gasteiger partial charge >= 0.3 is 0 Å². The lowest BCUT2D eigenvalue weighted by Crippen LogP contribution is -2.33. The molecule has 4 nitrogen and oxygen atoms in total. The van der Waals surface area contributed by atoms with Gasteiger partial charge in [0, 0.05) is 0 Å². The number of hydrogen-bond donors (Lipinski definition) is 2. The molecule has 1 amide bonds. The summed E-state index contributed by atoms with van der Waals surface area (Å²) in [4.78, 5) is 14.1. The molecule has 5 heteroatoms. The van der Waals surface area contributed by atoms with Gasteiger partial charge in [0.05, 0.1) is 12.2 Å². The van der Waals surface area contributed by atoms with Crippen molar-refractivity contribution in [2.75, 3.05) is 38.5 Å². The molecule has 0 atom stereocenters. The van der Waals surface area contributed by atoms with Crippen molar-refractivity contribution in [3.63, 3.8) is 0 Å². The number of likely N-dealkylation sites (tertiary alicyclic amines) is 1. The summed E-state index contributed by atoms with van der Waals surface area (Å²) >= 11 is 0. The molecule has 116 valence electrons. The van der Waals surface area contributed by atoms with Crippen molar-refractivity contribution in [3.05, 3.63) is 30.1 Å². The molecule has 0 unspecified atom stereocenters. The number of hydrogen-bond acceptors (Lipinski definition) is 3. The molecule has 1 aliphatic rings. The van der Waals surface area contributed by atoms with Crippen molar-refractivity contribution >= 4 is 11.6 Å². The van der Waals surface area contributed by atoms with Crippen molar-refractivity contribution in [1.29, 1.82) is 0 Å². The van der Waals surface area contributed by atoms with Crippen LogP contribution < -0.4 is 10.6 Å². The van der Waals surface area contributed by atoms with Gasteiger partial charge in [0.25, 0.3) is 0 Å². The van der Waals surface area contributed by atoms with Crippen LogP contribution in [0.15, 0.2) is 24.3 Å². The van der Waals surface area contributed by atoms with Gasteiger partial charge in [0.2, 0.25) is 5.91 Å². The molecule has 21 heavy (non-hydrogen) atoms. The van der Waals surface area contributed by atoms with Gasteiger partial charge in [-0.15, -0.1) is 0 Å². The van der Waals surface area contributed by atoms with Gasteiger partial charge in [-0.05, 0) is 64.0 Å². The van der Waals surface area contributed by atoms with Crippen LogP contribution in [-0.2, 0) is 4.79 Å². The third-order valence-corrected chi connectivity index (χ3v) is 4.00. The first-order chi connectivity index (χ1) is 10.1.